The van der Waals surface area contributed by atoms with Gasteiger partial charge in [-0.3, -0.25) is 4.79 Å². The summed E-state index contributed by atoms with van der Waals surface area (Å²) in [5.74, 6) is 1.71. The second-order valence-electron chi connectivity index (χ2n) is 5.81. The van der Waals surface area contributed by atoms with Gasteiger partial charge in [0.25, 0.3) is 5.91 Å². The number of hydrogen-bond donors (Lipinski definition) is 1. The third-order valence-corrected chi connectivity index (χ3v) is 4.63. The molecule has 27 heavy (non-hydrogen) atoms. The second kappa shape index (κ2) is 8.30. The number of anilines is 1. The first-order valence-electron chi connectivity index (χ1n) is 8.46. The average Bonchev–Trinajstić information content (AvgIpc) is 3.27. The molecule has 0 radical (unpaired) electrons. The van der Waals surface area contributed by atoms with Crippen LogP contribution in [0.25, 0.3) is 0 Å². The van der Waals surface area contributed by atoms with Gasteiger partial charge in [-0.25, -0.2) is 4.68 Å². The molecule has 0 bridgehead atoms. The van der Waals surface area contributed by atoms with E-state index in [0.717, 1.165) is 10.0 Å². The van der Waals surface area contributed by atoms with Crippen LogP contribution in [-0.2, 0) is 13.1 Å². The van der Waals surface area contributed by atoms with E-state index in [1.54, 1.807) is 37.2 Å². The predicted octanol–water partition coefficient (Wildman–Crippen LogP) is 3.78. The number of methoxy groups -OCH3 is 2. The maximum absolute atomic E-state index is 12.7. The van der Waals surface area contributed by atoms with Crippen LogP contribution >= 0.6 is 15.9 Å². The van der Waals surface area contributed by atoms with Gasteiger partial charge >= 0.3 is 0 Å². The third-order valence-electron chi connectivity index (χ3n) is 4.20. The van der Waals surface area contributed by atoms with E-state index in [2.05, 4.69) is 26.3 Å². The number of halogens is 1. The summed E-state index contributed by atoms with van der Waals surface area (Å²) in [5, 5.41) is 7.26. The molecule has 2 aromatic heterocycles. The van der Waals surface area contributed by atoms with Crippen LogP contribution in [-0.4, -0.2) is 34.5 Å². The molecule has 0 fully saturated rings. The lowest BCUT2D eigenvalue weighted by atomic mass is 10.2. The molecule has 0 saturated carbocycles. The summed E-state index contributed by atoms with van der Waals surface area (Å²) in [4.78, 5) is 12.7. The zero-order valence-corrected chi connectivity index (χ0v) is 17.0. The number of carbonyl (C=O) groups is 1. The van der Waals surface area contributed by atoms with Crippen LogP contribution in [0.3, 0.4) is 0 Å². The Morgan fingerprint density at radius 2 is 2.07 bits per heavy atom. The molecule has 0 aliphatic heterocycles. The molecule has 2 heterocycles. The molecule has 142 valence electrons. The molecular weight excluding hydrogens is 412 g/mol. The second-order valence-corrected chi connectivity index (χ2v) is 6.73. The van der Waals surface area contributed by atoms with Crippen molar-refractivity contribution >= 4 is 27.7 Å². The summed E-state index contributed by atoms with van der Waals surface area (Å²) in [7, 11) is 3.20. The standard InChI is InChI=1S/C19H21BrN4O3/c1-4-23-12-14(20)10-15(23)19(25)22-17-8-9-21-24(17)11-13-6-5-7-16(26-2)18(13)27-3/h5-10,12H,4,11H2,1-3H3,(H,22,25). The van der Waals surface area contributed by atoms with Crippen molar-refractivity contribution in [1.82, 2.24) is 14.3 Å². The van der Waals surface area contributed by atoms with Crippen molar-refractivity contribution in [2.24, 2.45) is 0 Å². The number of amides is 1. The van der Waals surface area contributed by atoms with Gasteiger partial charge in [-0.2, -0.15) is 5.10 Å². The number of carbonyl (C=O) groups excluding carboxylic acids is 1. The number of ether oxygens (including phenoxy) is 2. The molecule has 8 heteroatoms. The lowest BCUT2D eigenvalue weighted by Crippen LogP contribution is -2.19. The smallest absolute Gasteiger partial charge is 0.273 e. The van der Waals surface area contributed by atoms with E-state index in [4.69, 9.17) is 9.47 Å². The zero-order valence-electron chi connectivity index (χ0n) is 15.4. The number of hydrogen-bond acceptors (Lipinski definition) is 4. The monoisotopic (exact) mass is 432 g/mol. The van der Waals surface area contributed by atoms with Crippen LogP contribution in [0.15, 0.2) is 47.2 Å². The Hall–Kier alpha value is -2.74. The number of benzene rings is 1. The minimum absolute atomic E-state index is 0.193. The van der Waals surface area contributed by atoms with Crippen molar-refractivity contribution in [3.8, 4) is 11.5 Å². The molecule has 3 rings (SSSR count). The molecule has 3 aromatic rings. The van der Waals surface area contributed by atoms with Gasteiger partial charge in [0.05, 0.1) is 27.0 Å². The first-order valence-corrected chi connectivity index (χ1v) is 9.25. The molecule has 7 nitrogen and oxygen atoms in total. The largest absolute Gasteiger partial charge is 0.493 e. The fraction of sp³-hybridized carbons (Fsp3) is 0.263. The fourth-order valence-corrected chi connectivity index (χ4v) is 3.38. The van der Waals surface area contributed by atoms with Crippen molar-refractivity contribution in [2.75, 3.05) is 19.5 Å². The minimum atomic E-state index is -0.193. The molecule has 0 saturated heterocycles. The van der Waals surface area contributed by atoms with Crippen molar-refractivity contribution in [2.45, 2.75) is 20.0 Å². The lowest BCUT2D eigenvalue weighted by molar-refractivity contribution is 0.101. The molecular formula is C19H21BrN4O3. The van der Waals surface area contributed by atoms with Crippen LogP contribution in [0.5, 0.6) is 11.5 Å². The van der Waals surface area contributed by atoms with Crippen LogP contribution in [0.4, 0.5) is 5.82 Å². The van der Waals surface area contributed by atoms with Crippen LogP contribution in [0.1, 0.15) is 23.0 Å². The van der Waals surface area contributed by atoms with E-state index in [1.165, 1.54) is 0 Å². The maximum atomic E-state index is 12.7. The Balaban J connectivity index is 1.84. The number of rotatable bonds is 7. The molecule has 0 unspecified atom stereocenters. The van der Waals surface area contributed by atoms with Gasteiger partial charge < -0.3 is 19.4 Å². The average molecular weight is 433 g/mol. The Morgan fingerprint density at radius 1 is 1.26 bits per heavy atom. The highest BCUT2D eigenvalue weighted by atomic mass is 79.9. The van der Waals surface area contributed by atoms with E-state index in [-0.39, 0.29) is 5.91 Å². The summed E-state index contributed by atoms with van der Waals surface area (Å²) < 4.78 is 15.3. The lowest BCUT2D eigenvalue weighted by Gasteiger charge is -2.14. The highest BCUT2D eigenvalue weighted by molar-refractivity contribution is 9.10. The number of aryl methyl sites for hydroxylation is 1. The molecule has 1 aromatic carbocycles. The minimum Gasteiger partial charge on any atom is -0.493 e. The summed E-state index contributed by atoms with van der Waals surface area (Å²) in [6.45, 7) is 3.12. The molecule has 0 spiro atoms. The van der Waals surface area contributed by atoms with Crippen molar-refractivity contribution < 1.29 is 14.3 Å². The van der Waals surface area contributed by atoms with Gasteiger partial charge in [0.1, 0.15) is 11.5 Å². The van der Waals surface area contributed by atoms with Gasteiger partial charge in [0.15, 0.2) is 11.5 Å². The molecule has 0 atom stereocenters. The first-order chi connectivity index (χ1) is 13.1. The first kappa shape index (κ1) is 19.0. The molecule has 1 amide bonds. The normalized spacial score (nSPS) is 10.7. The summed E-state index contributed by atoms with van der Waals surface area (Å²) in [6.07, 6.45) is 3.53. The fourth-order valence-electron chi connectivity index (χ4n) is 2.91. The van der Waals surface area contributed by atoms with Crippen LogP contribution < -0.4 is 14.8 Å². The van der Waals surface area contributed by atoms with E-state index < -0.39 is 0 Å². The van der Waals surface area contributed by atoms with E-state index >= 15 is 0 Å². The highest BCUT2D eigenvalue weighted by Gasteiger charge is 2.16. The predicted molar refractivity (Wildman–Crippen MR) is 107 cm³/mol. The van der Waals surface area contributed by atoms with Gasteiger partial charge in [-0.15, -0.1) is 0 Å². The molecule has 1 N–H and O–H groups in total. The van der Waals surface area contributed by atoms with Gasteiger partial charge in [0.2, 0.25) is 0 Å². The van der Waals surface area contributed by atoms with E-state index in [1.807, 2.05) is 35.9 Å². The summed E-state index contributed by atoms with van der Waals surface area (Å²) in [6, 6.07) is 9.23. The highest BCUT2D eigenvalue weighted by Crippen LogP contribution is 2.31. The van der Waals surface area contributed by atoms with E-state index in [0.29, 0.717) is 36.1 Å². The topological polar surface area (TPSA) is 70.3 Å². The number of nitrogens with one attached hydrogen (secondary N) is 1. The maximum Gasteiger partial charge on any atom is 0.273 e. The zero-order chi connectivity index (χ0) is 19.4. The quantitative estimate of drug-likeness (QED) is 0.616. The Kier molecular flexibility index (Phi) is 5.85. The van der Waals surface area contributed by atoms with Crippen LogP contribution in [0.2, 0.25) is 0 Å². The van der Waals surface area contributed by atoms with Crippen LogP contribution in [0, 0.1) is 0 Å². The summed E-state index contributed by atoms with van der Waals surface area (Å²) in [5.41, 5.74) is 1.48. The summed E-state index contributed by atoms with van der Waals surface area (Å²) >= 11 is 3.41. The third kappa shape index (κ3) is 4.00. The Labute approximate surface area is 166 Å². The van der Waals surface area contributed by atoms with Crippen molar-refractivity contribution in [3.05, 3.63) is 58.5 Å². The SMILES string of the molecule is CCn1cc(Br)cc1C(=O)Nc1ccnn1Cc1cccc(OC)c1OC. The van der Waals surface area contributed by atoms with E-state index in [9.17, 15) is 4.79 Å². The van der Waals surface area contributed by atoms with Gasteiger partial charge in [-0.05, 0) is 35.0 Å². The number of para-hydroxylation sites is 1. The Bertz CT molecular complexity index is 948. The molecule has 0 aliphatic rings. The number of nitrogens with zero attached hydrogens (tertiary/aromatic N) is 3. The molecule has 0 aliphatic carbocycles. The van der Waals surface area contributed by atoms with Crippen molar-refractivity contribution in [3.63, 3.8) is 0 Å². The van der Waals surface area contributed by atoms with Crippen molar-refractivity contribution in [1.29, 1.82) is 0 Å². The Morgan fingerprint density at radius 3 is 2.78 bits per heavy atom. The number of aromatic nitrogens is 3. The van der Waals surface area contributed by atoms with Gasteiger partial charge in [0, 0.05) is 28.8 Å². The van der Waals surface area contributed by atoms with Gasteiger partial charge in [-0.1, -0.05) is 12.1 Å².